The summed E-state index contributed by atoms with van der Waals surface area (Å²) in [5, 5.41) is 0. The lowest BCUT2D eigenvalue weighted by molar-refractivity contribution is 0.255. The van der Waals surface area contributed by atoms with Crippen LogP contribution in [-0.2, 0) is 15.4 Å². The first-order chi connectivity index (χ1) is 14.7. The van der Waals surface area contributed by atoms with Crippen molar-refractivity contribution in [3.05, 3.63) is 54.1 Å². The molecule has 2 aromatic carbocycles. The van der Waals surface area contributed by atoms with Gasteiger partial charge in [0.25, 0.3) is 0 Å². The summed E-state index contributed by atoms with van der Waals surface area (Å²) in [5.41, 5.74) is 2.35. The maximum absolute atomic E-state index is 12.5. The molecule has 170 valence electrons. The van der Waals surface area contributed by atoms with Crippen molar-refractivity contribution >= 4 is 15.7 Å². The van der Waals surface area contributed by atoms with Crippen LogP contribution < -0.4 is 14.4 Å². The molecule has 0 aromatic heterocycles. The molecule has 0 bridgehead atoms. The minimum atomic E-state index is -3.46. The molecule has 6 nitrogen and oxygen atoms in total. The highest BCUT2D eigenvalue weighted by Gasteiger charge is 2.19. The summed E-state index contributed by atoms with van der Waals surface area (Å²) in [6.45, 7) is 11.6. The van der Waals surface area contributed by atoms with E-state index < -0.39 is 10.0 Å². The lowest BCUT2D eigenvalue weighted by Crippen LogP contribution is -2.47. The molecule has 0 saturated carbocycles. The normalized spacial score (nSPS) is 15.8. The standard InChI is InChI=1S/C24H35N3O3S/c1-24(2,3)20-6-12-23(13-7-20)31(28,29)25-14-5-15-26-16-18-27(19-17-26)21-8-10-22(30-4)11-9-21/h6-13,25H,5,14-19H2,1-4H3. The third-order valence-corrected chi connectivity index (χ3v) is 7.26. The van der Waals surface area contributed by atoms with Crippen LogP contribution in [0.2, 0.25) is 0 Å². The number of hydrogen-bond acceptors (Lipinski definition) is 5. The van der Waals surface area contributed by atoms with E-state index in [9.17, 15) is 8.42 Å². The maximum atomic E-state index is 12.5. The van der Waals surface area contributed by atoms with Gasteiger partial charge in [-0.3, -0.25) is 4.90 Å². The van der Waals surface area contributed by atoms with Crippen LogP contribution in [0.5, 0.6) is 5.75 Å². The topological polar surface area (TPSA) is 61.9 Å². The number of rotatable bonds is 8. The second kappa shape index (κ2) is 10.0. The number of anilines is 1. The minimum absolute atomic E-state index is 0.00706. The molecule has 31 heavy (non-hydrogen) atoms. The fraction of sp³-hybridized carbons (Fsp3) is 0.500. The van der Waals surface area contributed by atoms with E-state index in [-0.39, 0.29) is 5.41 Å². The number of nitrogens with one attached hydrogen (secondary N) is 1. The number of methoxy groups -OCH3 is 1. The zero-order valence-corrected chi connectivity index (χ0v) is 19.9. The Morgan fingerprint density at radius 3 is 2.10 bits per heavy atom. The molecule has 1 aliphatic rings. The van der Waals surface area contributed by atoms with E-state index in [0.717, 1.165) is 50.5 Å². The highest BCUT2D eigenvalue weighted by Crippen LogP contribution is 2.23. The molecule has 0 aliphatic carbocycles. The molecule has 1 fully saturated rings. The van der Waals surface area contributed by atoms with E-state index in [0.29, 0.717) is 11.4 Å². The van der Waals surface area contributed by atoms with Gasteiger partial charge in [-0.25, -0.2) is 13.1 Å². The van der Waals surface area contributed by atoms with Gasteiger partial charge >= 0.3 is 0 Å². The summed E-state index contributed by atoms with van der Waals surface area (Å²) < 4.78 is 33.1. The molecule has 0 amide bonds. The molecular formula is C24H35N3O3S. The Hall–Kier alpha value is -2.09. The maximum Gasteiger partial charge on any atom is 0.240 e. The molecule has 0 radical (unpaired) electrons. The van der Waals surface area contributed by atoms with Crippen LogP contribution in [0, 0.1) is 0 Å². The molecule has 1 saturated heterocycles. The van der Waals surface area contributed by atoms with Crippen LogP contribution in [0.25, 0.3) is 0 Å². The van der Waals surface area contributed by atoms with Gasteiger partial charge in [0.05, 0.1) is 12.0 Å². The van der Waals surface area contributed by atoms with E-state index in [1.807, 2.05) is 24.3 Å². The van der Waals surface area contributed by atoms with Crippen molar-refractivity contribution in [3.63, 3.8) is 0 Å². The van der Waals surface area contributed by atoms with Crippen LogP contribution in [0.15, 0.2) is 53.4 Å². The Morgan fingerprint density at radius 2 is 1.55 bits per heavy atom. The SMILES string of the molecule is COc1ccc(N2CCN(CCCNS(=O)(=O)c3ccc(C(C)(C)C)cc3)CC2)cc1. The van der Waals surface area contributed by atoms with Crippen LogP contribution in [0.4, 0.5) is 5.69 Å². The third kappa shape index (κ3) is 6.45. The lowest BCUT2D eigenvalue weighted by Gasteiger charge is -2.36. The van der Waals surface area contributed by atoms with Crippen molar-refractivity contribution in [2.75, 3.05) is 51.3 Å². The fourth-order valence-corrected chi connectivity index (χ4v) is 4.82. The van der Waals surface area contributed by atoms with Crippen molar-refractivity contribution in [1.29, 1.82) is 0 Å². The molecule has 2 aromatic rings. The number of hydrogen-bond donors (Lipinski definition) is 1. The van der Waals surface area contributed by atoms with Gasteiger partial charge in [-0.05, 0) is 60.3 Å². The van der Waals surface area contributed by atoms with Gasteiger partial charge in [0.2, 0.25) is 10.0 Å². The van der Waals surface area contributed by atoms with Gasteiger partial charge in [0, 0.05) is 38.4 Å². The summed E-state index contributed by atoms with van der Waals surface area (Å²) in [5.74, 6) is 0.870. The number of sulfonamides is 1. The smallest absolute Gasteiger partial charge is 0.240 e. The molecule has 1 aliphatic heterocycles. The summed E-state index contributed by atoms with van der Waals surface area (Å²) in [6.07, 6.45) is 0.793. The molecule has 7 heteroatoms. The molecule has 1 N–H and O–H groups in total. The van der Waals surface area contributed by atoms with Crippen LogP contribution in [0.1, 0.15) is 32.8 Å². The zero-order valence-electron chi connectivity index (χ0n) is 19.1. The van der Waals surface area contributed by atoms with E-state index in [1.54, 1.807) is 19.2 Å². The molecule has 0 unspecified atom stereocenters. The monoisotopic (exact) mass is 445 g/mol. The Kier molecular flexibility index (Phi) is 7.62. The molecule has 0 spiro atoms. The Bertz CT molecular complexity index is 928. The predicted octanol–water partition coefficient (Wildman–Crippen LogP) is 3.48. The van der Waals surface area contributed by atoms with Gasteiger partial charge < -0.3 is 9.64 Å². The summed E-state index contributed by atoms with van der Waals surface area (Å²) in [7, 11) is -1.79. The van der Waals surface area contributed by atoms with E-state index >= 15 is 0 Å². The molecular weight excluding hydrogens is 410 g/mol. The van der Waals surface area contributed by atoms with Gasteiger partial charge in [0.1, 0.15) is 5.75 Å². The van der Waals surface area contributed by atoms with E-state index in [4.69, 9.17) is 4.74 Å². The number of ether oxygens (including phenoxy) is 1. The van der Waals surface area contributed by atoms with Crippen LogP contribution in [-0.4, -0.2) is 59.7 Å². The van der Waals surface area contributed by atoms with Crippen molar-refractivity contribution in [1.82, 2.24) is 9.62 Å². The Balaban J connectivity index is 1.40. The number of piperazine rings is 1. The highest BCUT2D eigenvalue weighted by molar-refractivity contribution is 7.89. The average Bonchev–Trinajstić information content (AvgIpc) is 2.77. The van der Waals surface area contributed by atoms with E-state index in [1.165, 1.54) is 5.69 Å². The van der Waals surface area contributed by atoms with Gasteiger partial charge in [-0.2, -0.15) is 0 Å². The second-order valence-electron chi connectivity index (χ2n) is 9.05. The predicted molar refractivity (Wildman–Crippen MR) is 127 cm³/mol. The first kappa shape index (κ1) is 23.6. The van der Waals surface area contributed by atoms with Gasteiger partial charge in [-0.15, -0.1) is 0 Å². The quantitative estimate of drug-likeness (QED) is 0.631. The van der Waals surface area contributed by atoms with Gasteiger partial charge in [0.15, 0.2) is 0 Å². The van der Waals surface area contributed by atoms with Crippen molar-refractivity contribution in [3.8, 4) is 5.75 Å². The zero-order chi connectivity index (χ0) is 22.5. The number of nitrogens with zero attached hydrogens (tertiary/aromatic N) is 2. The fourth-order valence-electron chi connectivity index (χ4n) is 3.75. The van der Waals surface area contributed by atoms with Crippen molar-refractivity contribution < 1.29 is 13.2 Å². The lowest BCUT2D eigenvalue weighted by atomic mass is 9.87. The van der Waals surface area contributed by atoms with Crippen LogP contribution in [0.3, 0.4) is 0 Å². The Morgan fingerprint density at radius 1 is 0.935 bits per heavy atom. The number of benzene rings is 2. The summed E-state index contributed by atoms with van der Waals surface area (Å²) >= 11 is 0. The molecule has 3 rings (SSSR count). The largest absolute Gasteiger partial charge is 0.497 e. The average molecular weight is 446 g/mol. The summed E-state index contributed by atoms with van der Waals surface area (Å²) in [4.78, 5) is 5.10. The van der Waals surface area contributed by atoms with Crippen LogP contribution >= 0.6 is 0 Å². The molecule has 0 atom stereocenters. The minimum Gasteiger partial charge on any atom is -0.497 e. The second-order valence-corrected chi connectivity index (χ2v) is 10.8. The third-order valence-electron chi connectivity index (χ3n) is 5.78. The molecule has 1 heterocycles. The first-order valence-electron chi connectivity index (χ1n) is 10.9. The van der Waals surface area contributed by atoms with Crippen molar-refractivity contribution in [2.24, 2.45) is 0 Å². The summed E-state index contributed by atoms with van der Waals surface area (Å²) in [6, 6.07) is 15.4. The van der Waals surface area contributed by atoms with Gasteiger partial charge in [-0.1, -0.05) is 32.9 Å². The first-order valence-corrected chi connectivity index (χ1v) is 12.4. The Labute approximate surface area is 187 Å². The van der Waals surface area contributed by atoms with E-state index in [2.05, 4.69) is 47.4 Å². The highest BCUT2D eigenvalue weighted by atomic mass is 32.2. The van der Waals surface area contributed by atoms with Crippen molar-refractivity contribution in [2.45, 2.75) is 37.5 Å².